The highest BCUT2D eigenvalue weighted by Crippen LogP contribution is 2.49. The number of nitrogens with zero attached hydrogens (tertiary/aromatic N) is 1. The molecule has 0 aromatic heterocycles. The minimum Gasteiger partial charge on any atom is -0.464 e. The van der Waals surface area contributed by atoms with E-state index in [2.05, 4.69) is 0 Å². The van der Waals surface area contributed by atoms with Crippen LogP contribution in [0.3, 0.4) is 0 Å². The van der Waals surface area contributed by atoms with Crippen molar-refractivity contribution in [2.45, 2.75) is 18.9 Å². The fourth-order valence-electron chi connectivity index (χ4n) is 3.09. The van der Waals surface area contributed by atoms with Crippen molar-refractivity contribution in [3.63, 3.8) is 0 Å². The van der Waals surface area contributed by atoms with Gasteiger partial charge >= 0.3 is 5.97 Å². The summed E-state index contributed by atoms with van der Waals surface area (Å²) in [6.07, 6.45) is 0.656. The van der Waals surface area contributed by atoms with E-state index >= 15 is 0 Å². The third-order valence-electron chi connectivity index (χ3n) is 4.48. The molecular formula is C21H23NO3. The van der Waals surface area contributed by atoms with E-state index in [-0.39, 0.29) is 11.9 Å². The molecule has 4 heteroatoms. The number of benzene rings is 2. The summed E-state index contributed by atoms with van der Waals surface area (Å²) in [6, 6.07) is 19.9. The third kappa shape index (κ3) is 3.64. The van der Waals surface area contributed by atoms with Crippen molar-refractivity contribution in [2.24, 2.45) is 10.9 Å². The Morgan fingerprint density at radius 1 is 1.08 bits per heavy atom. The molecule has 0 amide bonds. The molecule has 2 atom stereocenters. The van der Waals surface area contributed by atoms with Crippen molar-refractivity contribution in [3.05, 3.63) is 71.8 Å². The highest BCUT2D eigenvalue weighted by atomic mass is 16.5. The van der Waals surface area contributed by atoms with E-state index in [1.165, 1.54) is 0 Å². The van der Waals surface area contributed by atoms with E-state index < -0.39 is 5.54 Å². The summed E-state index contributed by atoms with van der Waals surface area (Å²) in [7, 11) is 1.65. The van der Waals surface area contributed by atoms with E-state index in [1.54, 1.807) is 7.11 Å². The number of carbonyl (C=O) groups excluding carboxylic acids is 1. The van der Waals surface area contributed by atoms with Crippen LogP contribution < -0.4 is 0 Å². The number of hydrogen-bond donors (Lipinski definition) is 0. The van der Waals surface area contributed by atoms with Gasteiger partial charge in [0.15, 0.2) is 5.54 Å². The lowest BCUT2D eigenvalue weighted by Gasteiger charge is -2.15. The molecule has 1 aliphatic rings. The first-order valence-electron chi connectivity index (χ1n) is 8.58. The zero-order valence-electron chi connectivity index (χ0n) is 14.6. The molecule has 1 fully saturated rings. The first-order valence-corrected chi connectivity index (χ1v) is 8.58. The van der Waals surface area contributed by atoms with E-state index in [9.17, 15) is 4.79 Å². The Morgan fingerprint density at radius 2 is 1.64 bits per heavy atom. The molecule has 0 radical (unpaired) electrons. The molecule has 3 rings (SSSR count). The zero-order valence-corrected chi connectivity index (χ0v) is 14.6. The Kier molecular flexibility index (Phi) is 5.29. The predicted octanol–water partition coefficient (Wildman–Crippen LogP) is 3.49. The largest absolute Gasteiger partial charge is 0.464 e. The summed E-state index contributed by atoms with van der Waals surface area (Å²) in [5, 5.41) is 0. The Bertz CT molecular complexity index is 701. The van der Waals surface area contributed by atoms with E-state index in [0.29, 0.717) is 19.6 Å². The maximum Gasteiger partial charge on any atom is 0.334 e. The molecule has 0 spiro atoms. The fourth-order valence-corrected chi connectivity index (χ4v) is 3.09. The van der Waals surface area contributed by atoms with Gasteiger partial charge in [0.25, 0.3) is 0 Å². The second-order valence-corrected chi connectivity index (χ2v) is 6.19. The highest BCUT2D eigenvalue weighted by molar-refractivity contribution is 6.14. The van der Waals surface area contributed by atoms with Crippen LogP contribution in [0.4, 0.5) is 0 Å². The van der Waals surface area contributed by atoms with Gasteiger partial charge in [-0.1, -0.05) is 60.7 Å². The standard InChI is InChI=1S/C21H23NO3/c1-3-25-20(23)21(14-18(21)15-24-2)22-19(16-10-6-4-7-11-16)17-12-8-5-9-13-17/h4-13,18H,3,14-15H2,1-2H3/t18-,21-/m0/s1. The van der Waals surface area contributed by atoms with Gasteiger partial charge in [-0.25, -0.2) is 4.79 Å². The Labute approximate surface area is 148 Å². The molecule has 25 heavy (non-hydrogen) atoms. The first-order chi connectivity index (χ1) is 12.2. The third-order valence-corrected chi connectivity index (χ3v) is 4.48. The topological polar surface area (TPSA) is 47.9 Å². The number of rotatable bonds is 7. The van der Waals surface area contributed by atoms with Gasteiger partial charge in [0.05, 0.1) is 18.9 Å². The molecule has 0 aliphatic heterocycles. The first kappa shape index (κ1) is 17.4. The van der Waals surface area contributed by atoms with E-state index in [0.717, 1.165) is 16.8 Å². The van der Waals surface area contributed by atoms with Crippen LogP contribution in [0, 0.1) is 5.92 Å². The molecule has 2 aromatic carbocycles. The maximum atomic E-state index is 12.6. The molecule has 0 bridgehead atoms. The Hall–Kier alpha value is -2.46. The minimum absolute atomic E-state index is 0.0546. The van der Waals surface area contributed by atoms with Crippen molar-refractivity contribution >= 4 is 11.7 Å². The summed E-state index contributed by atoms with van der Waals surface area (Å²) in [6.45, 7) is 2.67. The highest BCUT2D eigenvalue weighted by Gasteiger charge is 2.62. The van der Waals surface area contributed by atoms with Crippen LogP contribution in [0.5, 0.6) is 0 Å². The van der Waals surface area contributed by atoms with Crippen LogP contribution in [0.15, 0.2) is 65.7 Å². The van der Waals surface area contributed by atoms with Crippen LogP contribution in [-0.4, -0.2) is 37.5 Å². The van der Waals surface area contributed by atoms with Crippen molar-refractivity contribution in [1.29, 1.82) is 0 Å². The molecule has 0 N–H and O–H groups in total. The van der Waals surface area contributed by atoms with Crippen LogP contribution >= 0.6 is 0 Å². The lowest BCUT2D eigenvalue weighted by atomic mass is 10.0. The molecule has 4 nitrogen and oxygen atoms in total. The van der Waals surface area contributed by atoms with Crippen molar-refractivity contribution in [2.75, 3.05) is 20.3 Å². The average Bonchev–Trinajstić information content (AvgIpc) is 3.36. The summed E-state index contributed by atoms with van der Waals surface area (Å²) in [5.74, 6) is -0.208. The molecule has 130 valence electrons. The van der Waals surface area contributed by atoms with Gasteiger partial charge in [-0.3, -0.25) is 4.99 Å². The van der Waals surface area contributed by atoms with Crippen LogP contribution in [-0.2, 0) is 14.3 Å². The number of methoxy groups -OCH3 is 1. The maximum absolute atomic E-state index is 12.6. The van der Waals surface area contributed by atoms with E-state index in [1.807, 2.05) is 67.6 Å². The number of carbonyl (C=O) groups is 1. The SMILES string of the molecule is CCOC(=O)[C@]1(N=C(c2ccccc2)c2ccccc2)C[C@H]1COC. The predicted molar refractivity (Wildman–Crippen MR) is 97.9 cm³/mol. The summed E-state index contributed by atoms with van der Waals surface area (Å²) < 4.78 is 10.6. The summed E-state index contributed by atoms with van der Waals surface area (Å²) in [5.41, 5.74) is 1.95. The van der Waals surface area contributed by atoms with Crippen LogP contribution in [0.1, 0.15) is 24.5 Å². The lowest BCUT2D eigenvalue weighted by molar-refractivity contribution is -0.146. The Balaban J connectivity index is 2.06. The molecule has 1 saturated carbocycles. The second kappa shape index (κ2) is 7.62. The zero-order chi connectivity index (χ0) is 17.7. The Morgan fingerprint density at radius 3 is 2.12 bits per heavy atom. The van der Waals surface area contributed by atoms with Crippen LogP contribution in [0.25, 0.3) is 0 Å². The second-order valence-electron chi connectivity index (χ2n) is 6.19. The molecule has 1 aliphatic carbocycles. The van der Waals surface area contributed by atoms with Crippen molar-refractivity contribution < 1.29 is 14.3 Å². The van der Waals surface area contributed by atoms with Gasteiger partial charge in [0.2, 0.25) is 0 Å². The average molecular weight is 337 g/mol. The van der Waals surface area contributed by atoms with E-state index in [4.69, 9.17) is 14.5 Å². The fraction of sp³-hybridized carbons (Fsp3) is 0.333. The molecular weight excluding hydrogens is 314 g/mol. The van der Waals surface area contributed by atoms with Crippen molar-refractivity contribution in [1.82, 2.24) is 0 Å². The molecule has 2 aromatic rings. The summed E-state index contributed by atoms with van der Waals surface area (Å²) in [4.78, 5) is 17.6. The van der Waals surface area contributed by atoms with Gasteiger partial charge in [-0.2, -0.15) is 0 Å². The normalized spacial score (nSPS) is 21.4. The van der Waals surface area contributed by atoms with Gasteiger partial charge in [0.1, 0.15) is 0 Å². The molecule has 0 saturated heterocycles. The summed E-state index contributed by atoms with van der Waals surface area (Å²) >= 11 is 0. The number of aliphatic imine (C=N–C) groups is 1. The van der Waals surface area contributed by atoms with Gasteiger partial charge < -0.3 is 9.47 Å². The van der Waals surface area contributed by atoms with Crippen molar-refractivity contribution in [3.8, 4) is 0 Å². The van der Waals surface area contributed by atoms with Gasteiger partial charge in [0, 0.05) is 24.2 Å². The lowest BCUT2D eigenvalue weighted by Crippen LogP contribution is -2.29. The quantitative estimate of drug-likeness (QED) is 0.574. The number of ether oxygens (including phenoxy) is 2. The number of esters is 1. The minimum atomic E-state index is -0.840. The number of hydrogen-bond acceptors (Lipinski definition) is 4. The van der Waals surface area contributed by atoms with Gasteiger partial charge in [-0.15, -0.1) is 0 Å². The van der Waals surface area contributed by atoms with Crippen LogP contribution in [0.2, 0.25) is 0 Å². The van der Waals surface area contributed by atoms with Gasteiger partial charge in [-0.05, 0) is 13.3 Å². The molecule has 0 heterocycles. The monoisotopic (exact) mass is 337 g/mol. The smallest absolute Gasteiger partial charge is 0.334 e. The molecule has 0 unspecified atom stereocenters.